The van der Waals surface area contributed by atoms with Crippen LogP contribution in [0.3, 0.4) is 0 Å². The maximum atomic E-state index is 5.41. The number of rotatable bonds is 4. The minimum absolute atomic E-state index is 0.0350. The number of hydrogen-bond acceptors (Lipinski definition) is 2. The first kappa shape index (κ1) is 11.0. The molecule has 13 heavy (non-hydrogen) atoms. The smallest absolute Gasteiger partial charge is 0.0623 e. The first-order valence-corrected chi connectivity index (χ1v) is 5.28. The Morgan fingerprint density at radius 1 is 1.46 bits per heavy atom. The molecule has 0 aliphatic carbocycles. The van der Waals surface area contributed by atoms with Crippen LogP contribution in [0.15, 0.2) is 0 Å². The summed E-state index contributed by atoms with van der Waals surface area (Å²) in [5, 5.41) is 3.57. The first-order valence-electron chi connectivity index (χ1n) is 5.28. The molecular formula is C11H23NO. The van der Waals surface area contributed by atoms with Crippen LogP contribution in [0, 0.1) is 0 Å². The van der Waals surface area contributed by atoms with Crippen LogP contribution in [-0.2, 0) is 4.74 Å². The largest absolute Gasteiger partial charge is 0.379 e. The summed E-state index contributed by atoms with van der Waals surface area (Å²) in [6, 6.07) is 0. The van der Waals surface area contributed by atoms with Crippen molar-refractivity contribution in [2.45, 2.75) is 57.6 Å². The van der Waals surface area contributed by atoms with Crippen LogP contribution in [0.1, 0.15) is 46.5 Å². The molecule has 0 aromatic rings. The summed E-state index contributed by atoms with van der Waals surface area (Å²) in [5.41, 5.74) is 0.406. The molecule has 2 heteroatoms. The van der Waals surface area contributed by atoms with Crippen LogP contribution in [0.2, 0.25) is 0 Å². The third-order valence-corrected chi connectivity index (χ3v) is 3.29. The molecule has 0 bridgehead atoms. The Labute approximate surface area is 82.0 Å². The van der Waals surface area contributed by atoms with E-state index < -0.39 is 0 Å². The van der Waals surface area contributed by atoms with Gasteiger partial charge in [-0.25, -0.2) is 0 Å². The molecular weight excluding hydrogens is 162 g/mol. The van der Waals surface area contributed by atoms with Crippen LogP contribution >= 0.6 is 0 Å². The van der Waals surface area contributed by atoms with E-state index >= 15 is 0 Å². The molecule has 0 aromatic carbocycles. The van der Waals surface area contributed by atoms with E-state index in [2.05, 4.69) is 26.1 Å². The Kier molecular flexibility index (Phi) is 3.36. The Hall–Kier alpha value is -0.0800. The van der Waals surface area contributed by atoms with Gasteiger partial charge < -0.3 is 10.1 Å². The molecule has 0 radical (unpaired) electrons. The molecule has 2 nitrogen and oxygen atoms in total. The monoisotopic (exact) mass is 185 g/mol. The molecule has 0 aromatic heterocycles. The van der Waals surface area contributed by atoms with Gasteiger partial charge in [0.1, 0.15) is 0 Å². The fourth-order valence-electron chi connectivity index (χ4n) is 1.85. The molecule has 1 rings (SSSR count). The van der Waals surface area contributed by atoms with Crippen LogP contribution in [0.4, 0.5) is 0 Å². The Bertz CT molecular complexity index is 159. The lowest BCUT2D eigenvalue weighted by Gasteiger charge is -2.30. The zero-order valence-corrected chi connectivity index (χ0v) is 9.44. The topological polar surface area (TPSA) is 21.3 Å². The Balaban J connectivity index is 2.32. The van der Waals surface area contributed by atoms with Crippen molar-refractivity contribution < 1.29 is 4.74 Å². The van der Waals surface area contributed by atoms with Gasteiger partial charge in [0.2, 0.25) is 0 Å². The molecule has 1 unspecified atom stereocenters. The lowest BCUT2D eigenvalue weighted by molar-refractivity contribution is 0.00867. The first-order chi connectivity index (χ1) is 5.97. The van der Waals surface area contributed by atoms with Crippen LogP contribution < -0.4 is 5.32 Å². The average molecular weight is 185 g/mol. The maximum absolute atomic E-state index is 5.41. The van der Waals surface area contributed by atoms with E-state index in [4.69, 9.17) is 4.74 Å². The third kappa shape index (κ3) is 3.28. The van der Waals surface area contributed by atoms with E-state index in [1.54, 1.807) is 7.11 Å². The third-order valence-electron chi connectivity index (χ3n) is 3.29. The van der Waals surface area contributed by atoms with E-state index in [1.165, 1.54) is 25.8 Å². The Morgan fingerprint density at radius 3 is 2.62 bits per heavy atom. The van der Waals surface area contributed by atoms with Crippen molar-refractivity contribution >= 4 is 0 Å². The highest BCUT2D eigenvalue weighted by Crippen LogP contribution is 2.27. The number of methoxy groups -OCH3 is 1. The van der Waals surface area contributed by atoms with Gasteiger partial charge >= 0.3 is 0 Å². The van der Waals surface area contributed by atoms with Gasteiger partial charge in [0.25, 0.3) is 0 Å². The van der Waals surface area contributed by atoms with Crippen LogP contribution in [-0.4, -0.2) is 24.8 Å². The number of nitrogens with one attached hydrogen (secondary N) is 1. The lowest BCUT2D eigenvalue weighted by Crippen LogP contribution is -2.38. The second kappa shape index (κ2) is 3.97. The van der Waals surface area contributed by atoms with Gasteiger partial charge in [0, 0.05) is 12.6 Å². The highest BCUT2D eigenvalue weighted by atomic mass is 16.5. The van der Waals surface area contributed by atoms with E-state index in [0.29, 0.717) is 5.54 Å². The minimum Gasteiger partial charge on any atom is -0.379 e. The zero-order valence-electron chi connectivity index (χ0n) is 9.44. The number of hydrogen-bond donors (Lipinski definition) is 1. The summed E-state index contributed by atoms with van der Waals surface area (Å²) in [5.74, 6) is 0. The second-order valence-corrected chi connectivity index (χ2v) is 5.05. The zero-order chi connectivity index (χ0) is 9.95. The van der Waals surface area contributed by atoms with E-state index in [0.717, 1.165) is 6.42 Å². The summed E-state index contributed by atoms with van der Waals surface area (Å²) in [6.45, 7) is 7.83. The quantitative estimate of drug-likeness (QED) is 0.726. The number of ether oxygens (including phenoxy) is 1. The predicted molar refractivity (Wildman–Crippen MR) is 56.0 cm³/mol. The minimum atomic E-state index is 0.0350. The molecule has 0 spiro atoms. The van der Waals surface area contributed by atoms with Crippen molar-refractivity contribution in [1.82, 2.24) is 5.32 Å². The van der Waals surface area contributed by atoms with Crippen molar-refractivity contribution in [3.63, 3.8) is 0 Å². The molecule has 1 aliphatic rings. The summed E-state index contributed by atoms with van der Waals surface area (Å²) in [6.07, 6.45) is 4.98. The highest BCUT2D eigenvalue weighted by molar-refractivity contribution is 4.90. The predicted octanol–water partition coefficient (Wildman–Crippen LogP) is 2.33. The molecule has 1 N–H and O–H groups in total. The maximum Gasteiger partial charge on any atom is 0.0623 e. The fourth-order valence-corrected chi connectivity index (χ4v) is 1.85. The van der Waals surface area contributed by atoms with Gasteiger partial charge in [-0.15, -0.1) is 0 Å². The van der Waals surface area contributed by atoms with Gasteiger partial charge in [-0.05, 0) is 53.0 Å². The molecule has 1 aliphatic heterocycles. The van der Waals surface area contributed by atoms with Crippen LogP contribution in [0.5, 0.6) is 0 Å². The standard InChI is InChI=1S/C11H23NO/c1-10(2,13-4)7-8-11(3)6-5-9-12-11/h12H,5-9H2,1-4H3. The lowest BCUT2D eigenvalue weighted by atomic mass is 9.89. The summed E-state index contributed by atoms with van der Waals surface area (Å²) >= 11 is 0. The molecule has 1 heterocycles. The van der Waals surface area contributed by atoms with Crippen molar-refractivity contribution in [3.05, 3.63) is 0 Å². The van der Waals surface area contributed by atoms with E-state index in [-0.39, 0.29) is 5.60 Å². The summed E-state index contributed by atoms with van der Waals surface area (Å²) in [7, 11) is 1.80. The fraction of sp³-hybridized carbons (Fsp3) is 1.00. The van der Waals surface area contributed by atoms with E-state index in [1.807, 2.05) is 0 Å². The van der Waals surface area contributed by atoms with Gasteiger partial charge in [0.05, 0.1) is 5.60 Å². The second-order valence-electron chi connectivity index (χ2n) is 5.05. The van der Waals surface area contributed by atoms with Gasteiger partial charge in [0.15, 0.2) is 0 Å². The Morgan fingerprint density at radius 2 is 2.15 bits per heavy atom. The molecule has 78 valence electrons. The normalized spacial score (nSPS) is 29.5. The van der Waals surface area contributed by atoms with Crippen molar-refractivity contribution in [1.29, 1.82) is 0 Å². The summed E-state index contributed by atoms with van der Waals surface area (Å²) in [4.78, 5) is 0. The highest BCUT2D eigenvalue weighted by Gasteiger charge is 2.30. The summed E-state index contributed by atoms with van der Waals surface area (Å²) < 4.78 is 5.41. The van der Waals surface area contributed by atoms with Gasteiger partial charge in [-0.3, -0.25) is 0 Å². The van der Waals surface area contributed by atoms with Gasteiger partial charge in [-0.1, -0.05) is 0 Å². The molecule has 1 fully saturated rings. The van der Waals surface area contributed by atoms with Crippen molar-refractivity contribution in [2.24, 2.45) is 0 Å². The SMILES string of the molecule is COC(C)(C)CCC1(C)CCCN1. The van der Waals surface area contributed by atoms with Crippen LogP contribution in [0.25, 0.3) is 0 Å². The van der Waals surface area contributed by atoms with E-state index in [9.17, 15) is 0 Å². The molecule has 0 saturated carbocycles. The molecule has 1 atom stereocenters. The van der Waals surface area contributed by atoms with Crippen molar-refractivity contribution in [2.75, 3.05) is 13.7 Å². The molecule has 1 saturated heterocycles. The molecule has 0 amide bonds. The van der Waals surface area contributed by atoms with Gasteiger partial charge in [-0.2, -0.15) is 0 Å². The van der Waals surface area contributed by atoms with Crippen molar-refractivity contribution in [3.8, 4) is 0 Å². The average Bonchev–Trinajstić information content (AvgIpc) is 2.50.